The summed E-state index contributed by atoms with van der Waals surface area (Å²) in [7, 11) is -2.97. The molecule has 2 aliphatic heterocycles. The summed E-state index contributed by atoms with van der Waals surface area (Å²) < 4.78 is 29.9. The number of hydrogen-bond donors (Lipinski definition) is 0. The van der Waals surface area contributed by atoms with Crippen molar-refractivity contribution < 1.29 is 13.2 Å². The van der Waals surface area contributed by atoms with Crippen LogP contribution in [0.1, 0.15) is 19.8 Å². The fourth-order valence-electron chi connectivity index (χ4n) is 1.82. The van der Waals surface area contributed by atoms with Crippen molar-refractivity contribution in [3.8, 4) is 0 Å². The van der Waals surface area contributed by atoms with E-state index in [9.17, 15) is 8.42 Å². The van der Waals surface area contributed by atoms with Gasteiger partial charge in [0.15, 0.2) is 0 Å². The third-order valence-electron chi connectivity index (χ3n) is 2.75. The van der Waals surface area contributed by atoms with Crippen molar-refractivity contribution >= 4 is 10.0 Å². The summed E-state index contributed by atoms with van der Waals surface area (Å²) in [5, 5.41) is 0. The summed E-state index contributed by atoms with van der Waals surface area (Å²) in [4.78, 5) is 0. The summed E-state index contributed by atoms with van der Waals surface area (Å²) in [5.74, 6) is 0.267. The van der Waals surface area contributed by atoms with Gasteiger partial charge in [-0.25, -0.2) is 8.42 Å². The molecule has 0 saturated carbocycles. The summed E-state index contributed by atoms with van der Waals surface area (Å²) >= 11 is 0. The second-order valence-electron chi connectivity index (χ2n) is 3.87. The zero-order valence-corrected chi connectivity index (χ0v) is 8.64. The Balaban J connectivity index is 1.91. The SMILES string of the molecule is CCCS(=O)(=O)N1CC2(CCO2)C1. The van der Waals surface area contributed by atoms with Crippen molar-refractivity contribution in [1.82, 2.24) is 4.31 Å². The normalized spacial score (nSPS) is 26.8. The predicted molar refractivity (Wildman–Crippen MR) is 49.0 cm³/mol. The Morgan fingerprint density at radius 3 is 2.46 bits per heavy atom. The van der Waals surface area contributed by atoms with Crippen molar-refractivity contribution in [2.75, 3.05) is 25.4 Å². The minimum Gasteiger partial charge on any atom is -0.372 e. The van der Waals surface area contributed by atoms with Gasteiger partial charge >= 0.3 is 0 Å². The highest BCUT2D eigenvalue weighted by atomic mass is 32.2. The molecule has 2 fully saturated rings. The lowest BCUT2D eigenvalue weighted by Crippen LogP contribution is -2.69. The molecule has 4 nitrogen and oxygen atoms in total. The van der Waals surface area contributed by atoms with E-state index in [0.29, 0.717) is 19.5 Å². The summed E-state index contributed by atoms with van der Waals surface area (Å²) in [6.45, 7) is 3.83. The predicted octanol–water partition coefficient (Wildman–Crippen LogP) is 0.201. The van der Waals surface area contributed by atoms with Crippen LogP contribution in [0, 0.1) is 0 Å². The average molecular weight is 205 g/mol. The first-order valence-corrected chi connectivity index (χ1v) is 6.31. The van der Waals surface area contributed by atoms with Gasteiger partial charge in [0.05, 0.1) is 18.0 Å². The summed E-state index contributed by atoms with van der Waals surface area (Å²) in [6, 6.07) is 0. The molecule has 2 saturated heterocycles. The van der Waals surface area contributed by atoms with Crippen LogP contribution in [0.15, 0.2) is 0 Å². The molecule has 2 heterocycles. The Labute approximate surface area is 78.9 Å². The third kappa shape index (κ3) is 1.49. The Morgan fingerprint density at radius 2 is 2.08 bits per heavy atom. The number of hydrogen-bond acceptors (Lipinski definition) is 3. The topological polar surface area (TPSA) is 46.6 Å². The van der Waals surface area contributed by atoms with Crippen molar-refractivity contribution in [1.29, 1.82) is 0 Å². The second-order valence-corrected chi connectivity index (χ2v) is 5.95. The molecule has 0 unspecified atom stereocenters. The van der Waals surface area contributed by atoms with Crippen LogP contribution in [-0.4, -0.2) is 43.8 Å². The van der Waals surface area contributed by atoms with Crippen LogP contribution >= 0.6 is 0 Å². The molecule has 5 heteroatoms. The Bertz CT molecular complexity index is 287. The van der Waals surface area contributed by atoms with Gasteiger partial charge in [-0.3, -0.25) is 0 Å². The van der Waals surface area contributed by atoms with E-state index in [-0.39, 0.29) is 11.4 Å². The minimum atomic E-state index is -2.97. The van der Waals surface area contributed by atoms with Gasteiger partial charge < -0.3 is 4.74 Å². The van der Waals surface area contributed by atoms with E-state index in [4.69, 9.17) is 4.74 Å². The van der Waals surface area contributed by atoms with Gasteiger partial charge in [-0.15, -0.1) is 0 Å². The van der Waals surface area contributed by atoms with E-state index in [1.807, 2.05) is 6.92 Å². The van der Waals surface area contributed by atoms with Gasteiger partial charge in [0.1, 0.15) is 0 Å². The fourth-order valence-corrected chi connectivity index (χ4v) is 3.46. The molecular formula is C8H15NO3S. The Hall–Kier alpha value is -0.130. The molecule has 2 aliphatic rings. The highest BCUT2D eigenvalue weighted by Crippen LogP contribution is 2.37. The number of nitrogens with zero attached hydrogens (tertiary/aromatic N) is 1. The highest BCUT2D eigenvalue weighted by molar-refractivity contribution is 7.89. The van der Waals surface area contributed by atoms with Crippen LogP contribution in [0.25, 0.3) is 0 Å². The van der Waals surface area contributed by atoms with Gasteiger partial charge in [-0.05, 0) is 6.42 Å². The van der Waals surface area contributed by atoms with Crippen LogP contribution in [0.4, 0.5) is 0 Å². The monoisotopic (exact) mass is 205 g/mol. The van der Waals surface area contributed by atoms with E-state index < -0.39 is 10.0 Å². The molecule has 0 aromatic heterocycles. The lowest BCUT2D eigenvalue weighted by atomic mass is 9.89. The van der Waals surface area contributed by atoms with Gasteiger partial charge in [-0.1, -0.05) is 6.92 Å². The van der Waals surface area contributed by atoms with E-state index in [1.165, 1.54) is 4.31 Å². The van der Waals surface area contributed by atoms with E-state index in [1.54, 1.807) is 0 Å². The van der Waals surface area contributed by atoms with Crippen LogP contribution in [0.2, 0.25) is 0 Å². The van der Waals surface area contributed by atoms with Crippen molar-refractivity contribution in [2.45, 2.75) is 25.4 Å². The molecule has 0 aromatic rings. The van der Waals surface area contributed by atoms with E-state index in [0.717, 1.165) is 13.0 Å². The molecule has 0 radical (unpaired) electrons. The molecule has 0 N–H and O–H groups in total. The Kier molecular flexibility index (Phi) is 2.13. The molecule has 0 aromatic carbocycles. The van der Waals surface area contributed by atoms with Crippen LogP contribution < -0.4 is 0 Å². The van der Waals surface area contributed by atoms with Gasteiger partial charge in [-0.2, -0.15) is 4.31 Å². The van der Waals surface area contributed by atoms with E-state index >= 15 is 0 Å². The van der Waals surface area contributed by atoms with Crippen molar-refractivity contribution in [3.63, 3.8) is 0 Å². The molecular weight excluding hydrogens is 190 g/mol. The molecule has 13 heavy (non-hydrogen) atoms. The van der Waals surface area contributed by atoms with Crippen molar-refractivity contribution in [3.05, 3.63) is 0 Å². The zero-order chi connectivity index (χ0) is 9.53. The maximum absolute atomic E-state index is 11.5. The molecule has 76 valence electrons. The van der Waals surface area contributed by atoms with Crippen LogP contribution in [-0.2, 0) is 14.8 Å². The van der Waals surface area contributed by atoms with Gasteiger partial charge in [0.2, 0.25) is 10.0 Å². The highest BCUT2D eigenvalue weighted by Gasteiger charge is 2.52. The third-order valence-corrected chi connectivity index (χ3v) is 4.72. The number of rotatable bonds is 3. The quantitative estimate of drug-likeness (QED) is 0.661. The van der Waals surface area contributed by atoms with E-state index in [2.05, 4.69) is 0 Å². The van der Waals surface area contributed by atoms with Crippen molar-refractivity contribution in [2.24, 2.45) is 0 Å². The fraction of sp³-hybridized carbons (Fsp3) is 1.00. The van der Waals surface area contributed by atoms with Crippen LogP contribution in [0.5, 0.6) is 0 Å². The molecule has 2 rings (SSSR count). The number of sulfonamides is 1. The summed E-state index contributed by atoms with van der Waals surface area (Å²) in [5.41, 5.74) is -0.0825. The first-order chi connectivity index (χ1) is 6.08. The minimum absolute atomic E-state index is 0.0825. The molecule has 0 atom stereocenters. The maximum atomic E-state index is 11.5. The zero-order valence-electron chi connectivity index (χ0n) is 7.82. The van der Waals surface area contributed by atoms with Crippen LogP contribution in [0.3, 0.4) is 0 Å². The first-order valence-electron chi connectivity index (χ1n) is 4.70. The van der Waals surface area contributed by atoms with Gasteiger partial charge in [0.25, 0.3) is 0 Å². The standard InChI is InChI=1S/C8H15NO3S/c1-2-5-13(10,11)9-6-8(7-9)3-4-12-8/h2-7H2,1H3. The molecule has 1 spiro atoms. The molecule has 0 amide bonds. The first kappa shape index (κ1) is 9.43. The lowest BCUT2D eigenvalue weighted by Gasteiger charge is -2.54. The average Bonchev–Trinajstić information content (AvgIpc) is 1.78. The second kappa shape index (κ2) is 2.93. The number of ether oxygens (including phenoxy) is 1. The van der Waals surface area contributed by atoms with Gasteiger partial charge in [0, 0.05) is 19.5 Å². The molecule has 0 aliphatic carbocycles. The smallest absolute Gasteiger partial charge is 0.214 e. The largest absolute Gasteiger partial charge is 0.372 e. The maximum Gasteiger partial charge on any atom is 0.214 e. The molecule has 0 bridgehead atoms. The Morgan fingerprint density at radius 1 is 1.46 bits per heavy atom. The lowest BCUT2D eigenvalue weighted by molar-refractivity contribution is -0.200. The summed E-state index contributed by atoms with van der Waals surface area (Å²) in [6.07, 6.45) is 1.71.